The van der Waals surface area contributed by atoms with Crippen molar-refractivity contribution in [2.75, 3.05) is 40.3 Å². The second-order valence-corrected chi connectivity index (χ2v) is 6.61. The van der Waals surface area contributed by atoms with E-state index in [9.17, 15) is 4.79 Å². The Morgan fingerprint density at radius 3 is 2.57 bits per heavy atom. The summed E-state index contributed by atoms with van der Waals surface area (Å²) in [6.45, 7) is 4.23. The number of nitrogens with zero attached hydrogens (tertiary/aromatic N) is 2. The van der Waals surface area contributed by atoms with Gasteiger partial charge in [-0.05, 0) is 58.1 Å². The van der Waals surface area contributed by atoms with Gasteiger partial charge in [-0.25, -0.2) is 0 Å². The fourth-order valence-corrected chi connectivity index (χ4v) is 3.23. The number of Topliss-reactive ketones (excluding diaryl/α,β-unsaturated/α-hetero) is 1. The third kappa shape index (κ3) is 5.10. The summed E-state index contributed by atoms with van der Waals surface area (Å²) in [6, 6.07) is 7.32. The molecule has 0 unspecified atom stereocenters. The van der Waals surface area contributed by atoms with Gasteiger partial charge in [0.15, 0.2) is 5.78 Å². The Morgan fingerprint density at radius 2 is 1.95 bits per heavy atom. The predicted molar refractivity (Wildman–Crippen MR) is 88.1 cm³/mol. The molecule has 0 saturated carbocycles. The third-order valence-electron chi connectivity index (χ3n) is 4.16. The lowest BCUT2D eigenvalue weighted by atomic mass is 9.96. The van der Waals surface area contributed by atoms with Crippen LogP contribution in [0.25, 0.3) is 0 Å². The summed E-state index contributed by atoms with van der Waals surface area (Å²) in [4.78, 5) is 16.9. The van der Waals surface area contributed by atoms with Crippen LogP contribution in [-0.4, -0.2) is 55.9 Å². The van der Waals surface area contributed by atoms with E-state index < -0.39 is 0 Å². The highest BCUT2D eigenvalue weighted by atomic mass is 35.5. The van der Waals surface area contributed by atoms with Gasteiger partial charge in [-0.1, -0.05) is 23.7 Å². The van der Waals surface area contributed by atoms with E-state index in [-0.39, 0.29) is 5.78 Å². The van der Waals surface area contributed by atoms with Gasteiger partial charge in [0.25, 0.3) is 0 Å². The van der Waals surface area contributed by atoms with Crippen LogP contribution < -0.4 is 0 Å². The first-order valence-electron chi connectivity index (χ1n) is 7.71. The molecule has 1 heterocycles. The van der Waals surface area contributed by atoms with Gasteiger partial charge in [0.05, 0.1) is 5.02 Å². The highest BCUT2D eigenvalue weighted by Crippen LogP contribution is 2.20. The number of piperidine rings is 1. The number of rotatable bonds is 6. The number of benzene rings is 1. The first-order chi connectivity index (χ1) is 10.1. The van der Waals surface area contributed by atoms with E-state index in [1.807, 2.05) is 18.2 Å². The van der Waals surface area contributed by atoms with E-state index in [0.29, 0.717) is 17.0 Å². The number of carbonyl (C=O) groups is 1. The number of ketones is 1. The molecular formula is C17H25ClN2O. The molecule has 0 aliphatic carbocycles. The minimum absolute atomic E-state index is 0.149. The van der Waals surface area contributed by atoms with Gasteiger partial charge < -0.3 is 9.80 Å². The molecule has 2 rings (SSSR count). The molecule has 1 fully saturated rings. The van der Waals surface area contributed by atoms with Crippen molar-refractivity contribution in [3.8, 4) is 0 Å². The van der Waals surface area contributed by atoms with E-state index in [1.165, 1.54) is 19.4 Å². The molecule has 1 saturated heterocycles. The van der Waals surface area contributed by atoms with Gasteiger partial charge in [0.1, 0.15) is 0 Å². The number of halogens is 1. The number of likely N-dealkylation sites (tertiary alicyclic amines) is 1. The lowest BCUT2D eigenvalue weighted by molar-refractivity contribution is 0.0947. The van der Waals surface area contributed by atoms with Gasteiger partial charge in [-0.15, -0.1) is 0 Å². The lowest BCUT2D eigenvalue weighted by Crippen LogP contribution is -2.38. The fraction of sp³-hybridized carbons (Fsp3) is 0.588. The maximum Gasteiger partial charge on any atom is 0.165 e. The van der Waals surface area contributed by atoms with E-state index >= 15 is 0 Å². The molecule has 0 radical (unpaired) electrons. The zero-order chi connectivity index (χ0) is 15.2. The van der Waals surface area contributed by atoms with Crippen LogP contribution in [0.3, 0.4) is 0 Å². The van der Waals surface area contributed by atoms with Crippen LogP contribution in [0.2, 0.25) is 5.02 Å². The quantitative estimate of drug-likeness (QED) is 0.754. The topological polar surface area (TPSA) is 23.6 Å². The van der Waals surface area contributed by atoms with Crippen LogP contribution in [0.5, 0.6) is 0 Å². The van der Waals surface area contributed by atoms with Crippen molar-refractivity contribution in [2.24, 2.45) is 5.92 Å². The van der Waals surface area contributed by atoms with Crippen LogP contribution in [0, 0.1) is 5.92 Å². The largest absolute Gasteiger partial charge is 0.309 e. The van der Waals surface area contributed by atoms with Gasteiger partial charge >= 0.3 is 0 Å². The average molecular weight is 309 g/mol. The summed E-state index contributed by atoms with van der Waals surface area (Å²) in [5.74, 6) is 0.950. The SMILES string of the molecule is CN(C)CC1CCN(CCC(=O)c2ccccc2Cl)CC1. The highest BCUT2D eigenvalue weighted by Gasteiger charge is 2.20. The van der Waals surface area contributed by atoms with Crippen molar-refractivity contribution in [3.63, 3.8) is 0 Å². The summed E-state index contributed by atoms with van der Waals surface area (Å²) in [5, 5.41) is 0.562. The minimum Gasteiger partial charge on any atom is -0.309 e. The molecule has 4 heteroatoms. The Labute approximate surface area is 132 Å². The smallest absolute Gasteiger partial charge is 0.165 e. The number of carbonyl (C=O) groups excluding carboxylic acids is 1. The van der Waals surface area contributed by atoms with Crippen molar-refractivity contribution < 1.29 is 4.79 Å². The minimum atomic E-state index is 0.149. The van der Waals surface area contributed by atoms with Crippen LogP contribution >= 0.6 is 11.6 Å². The number of hydrogen-bond acceptors (Lipinski definition) is 3. The van der Waals surface area contributed by atoms with E-state index in [1.54, 1.807) is 6.07 Å². The molecule has 0 amide bonds. The second-order valence-electron chi connectivity index (χ2n) is 6.20. The van der Waals surface area contributed by atoms with Crippen LogP contribution in [0.1, 0.15) is 29.6 Å². The molecule has 1 aliphatic heterocycles. The van der Waals surface area contributed by atoms with Gasteiger partial charge in [-0.3, -0.25) is 4.79 Å². The monoisotopic (exact) mass is 308 g/mol. The summed E-state index contributed by atoms with van der Waals surface area (Å²) >= 11 is 6.07. The van der Waals surface area contributed by atoms with E-state index in [4.69, 9.17) is 11.6 Å². The lowest BCUT2D eigenvalue weighted by Gasteiger charge is -2.33. The second kappa shape index (κ2) is 7.92. The molecule has 0 spiro atoms. The summed E-state index contributed by atoms with van der Waals surface area (Å²) < 4.78 is 0. The zero-order valence-corrected chi connectivity index (χ0v) is 13.8. The molecule has 1 aromatic carbocycles. The summed E-state index contributed by atoms with van der Waals surface area (Å²) in [5.41, 5.74) is 0.654. The van der Waals surface area contributed by atoms with Crippen molar-refractivity contribution >= 4 is 17.4 Å². The molecule has 21 heavy (non-hydrogen) atoms. The number of hydrogen-bond donors (Lipinski definition) is 0. The maximum atomic E-state index is 12.2. The van der Waals surface area contributed by atoms with Crippen LogP contribution in [0.4, 0.5) is 0 Å². The Hall–Kier alpha value is -0.900. The molecule has 0 atom stereocenters. The van der Waals surface area contributed by atoms with Crippen molar-refractivity contribution in [1.29, 1.82) is 0 Å². The van der Waals surface area contributed by atoms with Crippen molar-refractivity contribution in [1.82, 2.24) is 9.80 Å². The fourth-order valence-electron chi connectivity index (χ4n) is 2.99. The molecule has 116 valence electrons. The first kappa shape index (κ1) is 16.5. The Bertz CT molecular complexity index is 468. The van der Waals surface area contributed by atoms with Gasteiger partial charge in [0, 0.05) is 25.1 Å². The van der Waals surface area contributed by atoms with Gasteiger partial charge in [-0.2, -0.15) is 0 Å². The molecule has 1 aromatic rings. The summed E-state index contributed by atoms with van der Waals surface area (Å²) in [6.07, 6.45) is 3.03. The Morgan fingerprint density at radius 1 is 1.29 bits per heavy atom. The van der Waals surface area contributed by atoms with E-state index in [2.05, 4.69) is 23.9 Å². The third-order valence-corrected chi connectivity index (χ3v) is 4.49. The Balaban J connectivity index is 1.75. The maximum absolute atomic E-state index is 12.2. The van der Waals surface area contributed by atoms with Crippen molar-refractivity contribution in [2.45, 2.75) is 19.3 Å². The predicted octanol–water partition coefficient (Wildman–Crippen LogP) is 3.19. The highest BCUT2D eigenvalue weighted by molar-refractivity contribution is 6.33. The molecule has 0 aromatic heterocycles. The summed E-state index contributed by atoms with van der Waals surface area (Å²) in [7, 11) is 4.27. The normalized spacial score (nSPS) is 17.3. The first-order valence-corrected chi connectivity index (χ1v) is 8.09. The molecule has 0 bridgehead atoms. The van der Waals surface area contributed by atoms with Crippen LogP contribution in [0.15, 0.2) is 24.3 Å². The van der Waals surface area contributed by atoms with Gasteiger partial charge in [0.2, 0.25) is 0 Å². The molecular weight excluding hydrogens is 284 g/mol. The van der Waals surface area contributed by atoms with Crippen molar-refractivity contribution in [3.05, 3.63) is 34.9 Å². The van der Waals surface area contributed by atoms with Crippen LogP contribution in [-0.2, 0) is 0 Å². The average Bonchev–Trinajstić information content (AvgIpc) is 2.46. The molecule has 1 aliphatic rings. The Kier molecular flexibility index (Phi) is 6.22. The zero-order valence-electron chi connectivity index (χ0n) is 13.0. The van der Waals surface area contributed by atoms with E-state index in [0.717, 1.165) is 25.6 Å². The molecule has 3 nitrogen and oxygen atoms in total. The standard InChI is InChI=1S/C17H25ClN2O/c1-19(2)13-14-7-10-20(11-8-14)12-9-17(21)15-5-3-4-6-16(15)18/h3-6,14H,7-13H2,1-2H3. The molecule has 0 N–H and O–H groups in total.